The van der Waals surface area contributed by atoms with Gasteiger partial charge in [0, 0.05) is 5.39 Å². The molecule has 0 aliphatic carbocycles. The predicted molar refractivity (Wildman–Crippen MR) is 48.5 cm³/mol. The van der Waals surface area contributed by atoms with E-state index in [0.717, 1.165) is 21.1 Å². The molecule has 2 aromatic rings. The highest BCUT2D eigenvalue weighted by molar-refractivity contribution is 9.10. The van der Waals surface area contributed by atoms with E-state index < -0.39 is 0 Å². The highest BCUT2D eigenvalue weighted by Gasteiger charge is 2.06. The molecule has 0 fully saturated rings. The normalized spacial score (nSPS) is 10.9. The van der Waals surface area contributed by atoms with Crippen LogP contribution in [0.4, 0.5) is 4.39 Å². The van der Waals surface area contributed by atoms with Crippen molar-refractivity contribution in [3.8, 4) is 0 Å². The molecule has 0 radical (unpaired) electrons. The van der Waals surface area contributed by atoms with Crippen molar-refractivity contribution in [3.63, 3.8) is 0 Å². The summed E-state index contributed by atoms with van der Waals surface area (Å²) in [6, 6.07) is 2.92. The van der Waals surface area contributed by atoms with Crippen molar-refractivity contribution in [2.75, 3.05) is 0 Å². The van der Waals surface area contributed by atoms with Gasteiger partial charge in [-0.2, -0.15) is 5.10 Å². The van der Waals surface area contributed by atoms with Crippen LogP contribution in [-0.4, -0.2) is 10.2 Å². The molecule has 0 amide bonds. The minimum Gasteiger partial charge on any atom is -0.270 e. The Kier molecular flexibility index (Phi) is 1.65. The van der Waals surface area contributed by atoms with Crippen molar-refractivity contribution in [2.24, 2.45) is 0 Å². The second kappa shape index (κ2) is 2.55. The van der Waals surface area contributed by atoms with E-state index in [0.29, 0.717) is 0 Å². The molecule has 0 atom stereocenters. The lowest BCUT2D eigenvalue weighted by Gasteiger charge is -1.94. The van der Waals surface area contributed by atoms with Gasteiger partial charge in [0.2, 0.25) is 0 Å². The van der Waals surface area contributed by atoms with Crippen LogP contribution in [0.25, 0.3) is 10.9 Å². The standard InChI is InChI=1S/C8H6BrFN2/c1-4-2-5(10)3-6-7(4)11-12-8(6)9/h2-3H,1H3,(H,11,12). The maximum absolute atomic E-state index is 12.9. The number of fused-ring (bicyclic) bond motifs is 1. The third-order valence-corrected chi connectivity index (χ3v) is 2.37. The van der Waals surface area contributed by atoms with Gasteiger partial charge in [0.15, 0.2) is 0 Å². The minimum absolute atomic E-state index is 0.234. The van der Waals surface area contributed by atoms with Crippen LogP contribution in [-0.2, 0) is 0 Å². The van der Waals surface area contributed by atoms with Gasteiger partial charge in [-0.1, -0.05) is 0 Å². The minimum atomic E-state index is -0.234. The first-order valence-electron chi connectivity index (χ1n) is 3.48. The second-order valence-electron chi connectivity index (χ2n) is 2.66. The Balaban J connectivity index is 2.92. The summed E-state index contributed by atoms with van der Waals surface area (Å²) < 4.78 is 13.6. The maximum Gasteiger partial charge on any atom is 0.124 e. The van der Waals surface area contributed by atoms with E-state index in [1.165, 1.54) is 12.1 Å². The van der Waals surface area contributed by atoms with Crippen molar-refractivity contribution in [2.45, 2.75) is 6.92 Å². The zero-order valence-electron chi connectivity index (χ0n) is 6.36. The van der Waals surface area contributed by atoms with Gasteiger partial charge in [-0.25, -0.2) is 4.39 Å². The summed E-state index contributed by atoms with van der Waals surface area (Å²) >= 11 is 3.25. The molecule has 0 saturated heterocycles. The number of aromatic amines is 1. The highest BCUT2D eigenvalue weighted by Crippen LogP contribution is 2.24. The second-order valence-corrected chi connectivity index (χ2v) is 3.45. The van der Waals surface area contributed by atoms with Crippen LogP contribution in [0.5, 0.6) is 0 Å². The van der Waals surface area contributed by atoms with E-state index in [4.69, 9.17) is 0 Å². The van der Waals surface area contributed by atoms with Gasteiger partial charge in [0.05, 0.1) is 5.52 Å². The Morgan fingerprint density at radius 1 is 1.50 bits per heavy atom. The molecule has 0 aliphatic rings. The fourth-order valence-electron chi connectivity index (χ4n) is 1.22. The van der Waals surface area contributed by atoms with Crippen molar-refractivity contribution in [3.05, 3.63) is 28.1 Å². The van der Waals surface area contributed by atoms with Crippen LogP contribution in [0, 0.1) is 12.7 Å². The van der Waals surface area contributed by atoms with Gasteiger partial charge >= 0.3 is 0 Å². The lowest BCUT2D eigenvalue weighted by Crippen LogP contribution is -1.79. The highest BCUT2D eigenvalue weighted by atomic mass is 79.9. The smallest absolute Gasteiger partial charge is 0.124 e. The Hall–Kier alpha value is -0.900. The van der Waals surface area contributed by atoms with Gasteiger partial charge < -0.3 is 0 Å². The molecule has 0 unspecified atom stereocenters. The Labute approximate surface area is 76.9 Å². The number of rotatable bonds is 0. The molecule has 12 heavy (non-hydrogen) atoms. The first-order chi connectivity index (χ1) is 5.68. The van der Waals surface area contributed by atoms with Gasteiger partial charge in [-0.3, -0.25) is 5.10 Å². The third-order valence-electron chi connectivity index (χ3n) is 1.77. The van der Waals surface area contributed by atoms with E-state index in [9.17, 15) is 4.39 Å². The zero-order valence-corrected chi connectivity index (χ0v) is 7.94. The van der Waals surface area contributed by atoms with Crippen molar-refractivity contribution >= 4 is 26.8 Å². The summed E-state index contributed by atoms with van der Waals surface area (Å²) in [5.74, 6) is -0.234. The van der Waals surface area contributed by atoms with Gasteiger partial charge in [-0.15, -0.1) is 0 Å². The van der Waals surface area contributed by atoms with Gasteiger partial charge in [0.1, 0.15) is 10.4 Å². The lowest BCUT2D eigenvalue weighted by molar-refractivity contribution is 0.628. The van der Waals surface area contributed by atoms with Crippen molar-refractivity contribution < 1.29 is 4.39 Å². The molecular weight excluding hydrogens is 223 g/mol. The molecule has 2 nitrogen and oxygen atoms in total. The number of H-pyrrole nitrogens is 1. The number of aryl methyl sites for hydroxylation is 1. The summed E-state index contributed by atoms with van der Waals surface area (Å²) in [4.78, 5) is 0. The number of benzene rings is 1. The summed E-state index contributed by atoms with van der Waals surface area (Å²) in [6.45, 7) is 1.83. The third kappa shape index (κ3) is 1.03. The number of hydrogen-bond donors (Lipinski definition) is 1. The van der Waals surface area contributed by atoms with E-state index in [1.807, 2.05) is 6.92 Å². The first-order valence-corrected chi connectivity index (χ1v) is 4.27. The van der Waals surface area contributed by atoms with Crippen molar-refractivity contribution in [1.82, 2.24) is 10.2 Å². The largest absolute Gasteiger partial charge is 0.270 e. The lowest BCUT2D eigenvalue weighted by atomic mass is 10.2. The Morgan fingerprint density at radius 2 is 2.25 bits per heavy atom. The number of nitrogens with one attached hydrogen (secondary N) is 1. The van der Waals surface area contributed by atoms with Crippen LogP contribution in [0.15, 0.2) is 16.7 Å². The molecule has 2 rings (SSSR count). The van der Waals surface area contributed by atoms with E-state index in [1.54, 1.807) is 0 Å². The van der Waals surface area contributed by atoms with Gasteiger partial charge in [-0.05, 0) is 40.5 Å². The molecular formula is C8H6BrFN2. The Morgan fingerprint density at radius 3 is 3.00 bits per heavy atom. The molecule has 4 heteroatoms. The summed E-state index contributed by atoms with van der Waals surface area (Å²) in [7, 11) is 0. The molecule has 0 aliphatic heterocycles. The number of halogens is 2. The van der Waals surface area contributed by atoms with Gasteiger partial charge in [0.25, 0.3) is 0 Å². The fraction of sp³-hybridized carbons (Fsp3) is 0.125. The molecule has 1 aromatic heterocycles. The number of nitrogens with zero attached hydrogens (tertiary/aromatic N) is 1. The molecule has 0 saturated carbocycles. The summed E-state index contributed by atoms with van der Waals surface area (Å²) in [5, 5.41) is 7.55. The molecule has 0 bridgehead atoms. The molecule has 62 valence electrons. The average Bonchev–Trinajstić information content (AvgIpc) is 2.33. The first kappa shape index (κ1) is 7.73. The van der Waals surface area contributed by atoms with Crippen molar-refractivity contribution in [1.29, 1.82) is 0 Å². The quantitative estimate of drug-likeness (QED) is 0.739. The van der Waals surface area contributed by atoms with Crippen LogP contribution >= 0.6 is 15.9 Å². The topological polar surface area (TPSA) is 28.7 Å². The van der Waals surface area contributed by atoms with E-state index in [-0.39, 0.29) is 5.82 Å². The predicted octanol–water partition coefficient (Wildman–Crippen LogP) is 2.77. The zero-order chi connectivity index (χ0) is 8.72. The molecule has 1 aromatic carbocycles. The fourth-order valence-corrected chi connectivity index (χ4v) is 1.61. The maximum atomic E-state index is 12.9. The summed E-state index contributed by atoms with van der Waals surface area (Å²) in [6.07, 6.45) is 0. The molecule has 1 heterocycles. The van der Waals surface area contributed by atoms with E-state index in [2.05, 4.69) is 26.1 Å². The van der Waals surface area contributed by atoms with E-state index >= 15 is 0 Å². The SMILES string of the molecule is Cc1cc(F)cc2c(Br)[nH]nc12. The van der Waals surface area contributed by atoms with Crippen LogP contribution in [0.3, 0.4) is 0 Å². The monoisotopic (exact) mass is 228 g/mol. The van der Waals surface area contributed by atoms with Crippen LogP contribution in [0.1, 0.15) is 5.56 Å². The van der Waals surface area contributed by atoms with Crippen LogP contribution in [0.2, 0.25) is 0 Å². The average molecular weight is 229 g/mol. The Bertz CT molecular complexity index is 436. The number of hydrogen-bond acceptors (Lipinski definition) is 1. The number of aromatic nitrogens is 2. The molecule has 1 N–H and O–H groups in total. The molecule has 0 spiro atoms. The van der Waals surface area contributed by atoms with Crippen LogP contribution < -0.4 is 0 Å². The summed E-state index contributed by atoms with van der Waals surface area (Å²) in [5.41, 5.74) is 1.65.